The van der Waals surface area contributed by atoms with Crippen molar-refractivity contribution in [1.29, 1.82) is 0 Å². The fraction of sp³-hybridized carbons (Fsp3) is 0.737. The van der Waals surface area contributed by atoms with Gasteiger partial charge in [0.15, 0.2) is 0 Å². The van der Waals surface area contributed by atoms with E-state index < -0.39 is 0 Å². The van der Waals surface area contributed by atoms with Gasteiger partial charge in [0.25, 0.3) is 0 Å². The second kappa shape index (κ2) is 7.78. The molecule has 2 amide bonds. The molecule has 142 valence electrons. The van der Waals surface area contributed by atoms with Crippen molar-refractivity contribution in [1.82, 2.24) is 19.6 Å². The van der Waals surface area contributed by atoms with Crippen LogP contribution in [0.15, 0.2) is 18.5 Å². The third-order valence-electron chi connectivity index (χ3n) is 6.21. The molecule has 1 aliphatic carbocycles. The second-order valence-electron chi connectivity index (χ2n) is 7.70. The van der Waals surface area contributed by atoms with E-state index in [0.717, 1.165) is 38.9 Å². The van der Waals surface area contributed by atoms with E-state index in [1.165, 1.54) is 0 Å². The van der Waals surface area contributed by atoms with E-state index in [2.05, 4.69) is 5.10 Å². The van der Waals surface area contributed by atoms with Gasteiger partial charge in [0.2, 0.25) is 11.8 Å². The molecule has 7 nitrogen and oxygen atoms in total. The average Bonchev–Trinajstić information content (AvgIpc) is 3.16. The predicted molar refractivity (Wildman–Crippen MR) is 95.1 cm³/mol. The molecular weight excluding hydrogens is 332 g/mol. The van der Waals surface area contributed by atoms with E-state index in [0.29, 0.717) is 44.6 Å². The van der Waals surface area contributed by atoms with E-state index in [1.54, 1.807) is 6.20 Å². The summed E-state index contributed by atoms with van der Waals surface area (Å²) in [5.41, 5.74) is 0. The lowest BCUT2D eigenvalue weighted by Gasteiger charge is -2.51. The maximum atomic E-state index is 12.8. The number of hydrogen-bond acceptors (Lipinski definition) is 4. The molecule has 4 rings (SSSR count). The van der Waals surface area contributed by atoms with Crippen molar-refractivity contribution < 1.29 is 14.3 Å². The van der Waals surface area contributed by atoms with Gasteiger partial charge in [-0.15, -0.1) is 0 Å². The fourth-order valence-electron chi connectivity index (χ4n) is 4.60. The number of rotatable bonds is 5. The van der Waals surface area contributed by atoms with Crippen molar-refractivity contribution in [2.45, 2.75) is 32.2 Å². The smallest absolute Gasteiger partial charge is 0.226 e. The first-order valence-corrected chi connectivity index (χ1v) is 9.84. The summed E-state index contributed by atoms with van der Waals surface area (Å²) in [6.07, 6.45) is 7.09. The van der Waals surface area contributed by atoms with Crippen molar-refractivity contribution in [3.63, 3.8) is 0 Å². The van der Waals surface area contributed by atoms with Crippen LogP contribution >= 0.6 is 0 Å². The van der Waals surface area contributed by atoms with Gasteiger partial charge in [0.05, 0.1) is 13.2 Å². The van der Waals surface area contributed by atoms with Crippen LogP contribution in [0.25, 0.3) is 0 Å². The quantitative estimate of drug-likeness (QED) is 0.786. The number of fused-ring (bicyclic) bond motifs is 1. The van der Waals surface area contributed by atoms with Crippen LogP contribution in [0, 0.1) is 17.8 Å². The van der Waals surface area contributed by atoms with Crippen LogP contribution < -0.4 is 0 Å². The third-order valence-corrected chi connectivity index (χ3v) is 6.21. The Balaban J connectivity index is 1.26. The van der Waals surface area contributed by atoms with Gasteiger partial charge in [-0.3, -0.25) is 14.3 Å². The Bertz CT molecular complexity index is 627. The minimum absolute atomic E-state index is 0.109. The number of amides is 2. The van der Waals surface area contributed by atoms with Crippen molar-refractivity contribution in [3.05, 3.63) is 18.5 Å². The van der Waals surface area contributed by atoms with Crippen LogP contribution in [-0.4, -0.2) is 70.8 Å². The Morgan fingerprint density at radius 1 is 1.15 bits per heavy atom. The highest BCUT2D eigenvalue weighted by Crippen LogP contribution is 2.46. The van der Waals surface area contributed by atoms with E-state index in [4.69, 9.17) is 4.74 Å². The molecule has 3 atom stereocenters. The Labute approximate surface area is 154 Å². The Kier molecular flexibility index (Phi) is 5.24. The number of carbonyl (C=O) groups is 2. The van der Waals surface area contributed by atoms with Crippen molar-refractivity contribution in [2.75, 3.05) is 39.4 Å². The number of carbonyl (C=O) groups excluding carboxylic acids is 2. The van der Waals surface area contributed by atoms with Crippen LogP contribution in [-0.2, 0) is 20.9 Å². The molecule has 26 heavy (non-hydrogen) atoms. The largest absolute Gasteiger partial charge is 0.378 e. The highest BCUT2D eigenvalue weighted by atomic mass is 16.5. The highest BCUT2D eigenvalue weighted by Gasteiger charge is 2.49. The van der Waals surface area contributed by atoms with Gasteiger partial charge in [0.1, 0.15) is 0 Å². The molecule has 2 aliphatic heterocycles. The number of ether oxygens (including phenoxy) is 1. The topological polar surface area (TPSA) is 67.7 Å². The third kappa shape index (κ3) is 3.63. The molecule has 0 bridgehead atoms. The average molecular weight is 360 g/mol. The molecule has 7 heteroatoms. The van der Waals surface area contributed by atoms with Crippen molar-refractivity contribution in [2.24, 2.45) is 17.8 Å². The summed E-state index contributed by atoms with van der Waals surface area (Å²) in [6, 6.07) is 1.90. The summed E-state index contributed by atoms with van der Waals surface area (Å²) in [6.45, 7) is 5.09. The SMILES string of the molecule is O=C(CCCn1cccn1)N1CC[C@@H]2C[C@@H](C(=O)N3CCOCC3)[C@@H]2C1. The number of piperidine rings is 1. The predicted octanol–water partition coefficient (Wildman–Crippen LogP) is 1.01. The molecule has 1 saturated carbocycles. The maximum absolute atomic E-state index is 12.8. The lowest BCUT2D eigenvalue weighted by molar-refractivity contribution is -0.155. The zero-order valence-electron chi connectivity index (χ0n) is 15.3. The molecule has 2 saturated heterocycles. The zero-order chi connectivity index (χ0) is 17.9. The Hall–Kier alpha value is -1.89. The second-order valence-corrected chi connectivity index (χ2v) is 7.70. The monoisotopic (exact) mass is 360 g/mol. The van der Waals surface area contributed by atoms with E-state index >= 15 is 0 Å². The van der Waals surface area contributed by atoms with E-state index in [9.17, 15) is 9.59 Å². The number of aromatic nitrogens is 2. The number of morpholine rings is 1. The van der Waals surface area contributed by atoms with Gasteiger partial charge in [-0.2, -0.15) is 5.10 Å². The van der Waals surface area contributed by atoms with Crippen molar-refractivity contribution >= 4 is 11.8 Å². The standard InChI is InChI=1S/C19H28N4O3/c24-18(3-1-6-23-7-2-5-20-23)22-8-4-15-13-16(17(15)14-22)19(25)21-9-11-26-12-10-21/h2,5,7,15-17H,1,3-4,6,8-14H2/t15-,16-,17-/m1/s1. The normalized spacial score (nSPS) is 28.4. The molecule has 3 fully saturated rings. The number of aryl methyl sites for hydroxylation is 1. The summed E-state index contributed by atoms with van der Waals surface area (Å²) in [7, 11) is 0. The van der Waals surface area contributed by atoms with Gasteiger partial charge < -0.3 is 14.5 Å². The van der Waals surface area contributed by atoms with E-state index in [-0.39, 0.29) is 17.7 Å². The minimum Gasteiger partial charge on any atom is -0.378 e. The summed E-state index contributed by atoms with van der Waals surface area (Å²) in [5, 5.41) is 4.17. The van der Waals surface area contributed by atoms with Gasteiger partial charge in [0, 0.05) is 57.5 Å². The molecule has 0 N–H and O–H groups in total. The summed E-state index contributed by atoms with van der Waals surface area (Å²) >= 11 is 0. The van der Waals surface area contributed by atoms with Gasteiger partial charge in [-0.25, -0.2) is 0 Å². The highest BCUT2D eigenvalue weighted by molar-refractivity contribution is 5.81. The van der Waals surface area contributed by atoms with Crippen LogP contribution in [0.4, 0.5) is 0 Å². The molecule has 1 aromatic heterocycles. The Morgan fingerprint density at radius 3 is 2.77 bits per heavy atom. The molecule has 3 aliphatic rings. The molecule has 0 radical (unpaired) electrons. The molecular formula is C19H28N4O3. The summed E-state index contributed by atoms with van der Waals surface area (Å²) < 4.78 is 7.21. The molecule has 0 aromatic carbocycles. The van der Waals surface area contributed by atoms with Gasteiger partial charge >= 0.3 is 0 Å². The van der Waals surface area contributed by atoms with E-state index in [1.807, 2.05) is 26.7 Å². The lowest BCUT2D eigenvalue weighted by atomic mass is 9.61. The minimum atomic E-state index is 0.109. The molecule has 1 aromatic rings. The lowest BCUT2D eigenvalue weighted by Crippen LogP contribution is -2.57. The summed E-state index contributed by atoms with van der Waals surface area (Å²) in [4.78, 5) is 29.3. The molecule has 3 heterocycles. The van der Waals surface area contributed by atoms with Crippen LogP contribution in [0.1, 0.15) is 25.7 Å². The number of nitrogens with zero attached hydrogens (tertiary/aromatic N) is 4. The molecule has 0 unspecified atom stereocenters. The number of likely N-dealkylation sites (tertiary alicyclic amines) is 1. The first kappa shape index (κ1) is 17.5. The first-order chi connectivity index (χ1) is 12.7. The zero-order valence-corrected chi connectivity index (χ0v) is 15.3. The van der Waals surface area contributed by atoms with Crippen LogP contribution in [0.2, 0.25) is 0 Å². The maximum Gasteiger partial charge on any atom is 0.226 e. The van der Waals surface area contributed by atoms with Gasteiger partial charge in [-0.05, 0) is 37.2 Å². The first-order valence-electron chi connectivity index (χ1n) is 9.84. The number of hydrogen-bond donors (Lipinski definition) is 0. The van der Waals surface area contributed by atoms with Crippen LogP contribution in [0.5, 0.6) is 0 Å². The Morgan fingerprint density at radius 2 is 2.00 bits per heavy atom. The van der Waals surface area contributed by atoms with Gasteiger partial charge in [-0.1, -0.05) is 0 Å². The molecule has 0 spiro atoms. The summed E-state index contributed by atoms with van der Waals surface area (Å²) in [5.74, 6) is 1.59. The van der Waals surface area contributed by atoms with Crippen LogP contribution in [0.3, 0.4) is 0 Å². The van der Waals surface area contributed by atoms with Crippen molar-refractivity contribution in [3.8, 4) is 0 Å². The fourth-order valence-corrected chi connectivity index (χ4v) is 4.60.